The molecule has 0 saturated carbocycles. The number of benzene rings is 2. The van der Waals surface area contributed by atoms with E-state index < -0.39 is 0 Å². The second-order valence-corrected chi connectivity index (χ2v) is 6.34. The lowest BCUT2D eigenvalue weighted by molar-refractivity contribution is 0.474. The summed E-state index contributed by atoms with van der Waals surface area (Å²) in [6.07, 6.45) is 1.08. The average Bonchev–Trinajstić information content (AvgIpc) is 2.47. The van der Waals surface area contributed by atoms with Gasteiger partial charge in [-0.3, -0.25) is 0 Å². The summed E-state index contributed by atoms with van der Waals surface area (Å²) in [5, 5.41) is 9.74. The molecule has 0 bridgehead atoms. The van der Waals surface area contributed by atoms with Gasteiger partial charge in [-0.1, -0.05) is 56.3 Å². The molecule has 0 aromatic heterocycles. The Labute approximate surface area is 128 Å². The molecular formula is C19H28N2. The maximum atomic E-state index is 3.59. The van der Waals surface area contributed by atoms with Crippen LogP contribution in [-0.2, 0) is 6.42 Å². The third kappa shape index (κ3) is 5.49. The molecule has 2 aromatic carbocycles. The predicted molar refractivity (Wildman–Crippen MR) is 92.8 cm³/mol. The van der Waals surface area contributed by atoms with E-state index in [2.05, 4.69) is 73.9 Å². The van der Waals surface area contributed by atoms with E-state index in [4.69, 9.17) is 0 Å². The zero-order valence-electron chi connectivity index (χ0n) is 13.5. The van der Waals surface area contributed by atoms with E-state index in [1.54, 1.807) is 0 Å². The minimum Gasteiger partial charge on any atom is -0.315 e. The molecule has 2 N–H and O–H groups in total. The molecule has 114 valence electrons. The van der Waals surface area contributed by atoms with Gasteiger partial charge in [-0.2, -0.15) is 0 Å². The van der Waals surface area contributed by atoms with Gasteiger partial charge in [0, 0.05) is 12.6 Å². The van der Waals surface area contributed by atoms with Gasteiger partial charge in [0.05, 0.1) is 0 Å². The fraction of sp³-hybridized carbons (Fsp3) is 0.474. The van der Waals surface area contributed by atoms with Crippen molar-refractivity contribution in [1.82, 2.24) is 10.6 Å². The maximum absolute atomic E-state index is 3.59. The lowest BCUT2D eigenvalue weighted by Gasteiger charge is -2.15. The standard InChI is InChI=1S/C19H28N2/c1-15(2)13-20-14-16(3)21-11-10-17-8-9-18-6-4-5-7-19(18)12-17/h4-9,12,15-16,20-21H,10-11,13-14H2,1-3H3. The van der Waals surface area contributed by atoms with Crippen LogP contribution in [0.3, 0.4) is 0 Å². The van der Waals surface area contributed by atoms with Crippen molar-refractivity contribution in [2.75, 3.05) is 19.6 Å². The average molecular weight is 284 g/mol. The van der Waals surface area contributed by atoms with E-state index in [0.717, 1.165) is 32.0 Å². The third-order valence-corrected chi connectivity index (χ3v) is 3.72. The topological polar surface area (TPSA) is 24.1 Å². The predicted octanol–water partition coefficient (Wildman–Crippen LogP) is 3.61. The van der Waals surface area contributed by atoms with Crippen LogP contribution in [0.15, 0.2) is 42.5 Å². The van der Waals surface area contributed by atoms with E-state index in [-0.39, 0.29) is 0 Å². The van der Waals surface area contributed by atoms with Crippen molar-refractivity contribution in [3.8, 4) is 0 Å². The Bertz CT molecular complexity index is 548. The van der Waals surface area contributed by atoms with Crippen LogP contribution in [0.4, 0.5) is 0 Å². The number of nitrogens with one attached hydrogen (secondary N) is 2. The molecule has 0 saturated heterocycles. The maximum Gasteiger partial charge on any atom is 0.0164 e. The fourth-order valence-electron chi connectivity index (χ4n) is 2.52. The van der Waals surface area contributed by atoms with Gasteiger partial charge in [0.25, 0.3) is 0 Å². The van der Waals surface area contributed by atoms with Crippen molar-refractivity contribution < 1.29 is 0 Å². The lowest BCUT2D eigenvalue weighted by atomic mass is 10.1. The molecule has 0 aliphatic heterocycles. The van der Waals surface area contributed by atoms with Crippen LogP contribution in [0.2, 0.25) is 0 Å². The first-order chi connectivity index (χ1) is 10.1. The summed E-state index contributed by atoms with van der Waals surface area (Å²) in [6.45, 7) is 9.89. The highest BCUT2D eigenvalue weighted by atomic mass is 15.0. The van der Waals surface area contributed by atoms with E-state index in [1.165, 1.54) is 16.3 Å². The summed E-state index contributed by atoms with van der Waals surface area (Å²) in [7, 11) is 0. The highest BCUT2D eigenvalue weighted by molar-refractivity contribution is 5.82. The second-order valence-electron chi connectivity index (χ2n) is 6.34. The molecule has 0 heterocycles. The molecule has 0 fully saturated rings. The molecule has 2 heteroatoms. The highest BCUT2D eigenvalue weighted by Crippen LogP contribution is 2.15. The largest absolute Gasteiger partial charge is 0.315 e. The number of hydrogen-bond donors (Lipinski definition) is 2. The minimum atomic E-state index is 0.518. The summed E-state index contributed by atoms with van der Waals surface area (Å²) in [5.41, 5.74) is 1.41. The van der Waals surface area contributed by atoms with Crippen LogP contribution >= 0.6 is 0 Å². The zero-order valence-corrected chi connectivity index (χ0v) is 13.5. The summed E-state index contributed by atoms with van der Waals surface area (Å²) in [5.74, 6) is 0.717. The highest BCUT2D eigenvalue weighted by Gasteiger charge is 2.02. The van der Waals surface area contributed by atoms with E-state index in [1.807, 2.05) is 0 Å². The SMILES string of the molecule is CC(C)CNCC(C)NCCc1ccc2ccccc2c1. The lowest BCUT2D eigenvalue weighted by Crippen LogP contribution is -2.38. The third-order valence-electron chi connectivity index (χ3n) is 3.72. The molecule has 2 aromatic rings. The van der Waals surface area contributed by atoms with Crippen LogP contribution in [-0.4, -0.2) is 25.7 Å². The first-order valence-electron chi connectivity index (χ1n) is 8.07. The first-order valence-corrected chi connectivity index (χ1v) is 8.07. The van der Waals surface area contributed by atoms with Crippen molar-refractivity contribution in [3.63, 3.8) is 0 Å². The minimum absolute atomic E-state index is 0.518. The van der Waals surface area contributed by atoms with Gasteiger partial charge in [0.2, 0.25) is 0 Å². The smallest absolute Gasteiger partial charge is 0.0164 e. The Morgan fingerprint density at radius 1 is 0.905 bits per heavy atom. The quantitative estimate of drug-likeness (QED) is 0.774. The number of rotatable bonds is 8. The van der Waals surface area contributed by atoms with Gasteiger partial charge in [-0.25, -0.2) is 0 Å². The van der Waals surface area contributed by atoms with Crippen molar-refractivity contribution >= 4 is 10.8 Å². The molecule has 1 unspecified atom stereocenters. The van der Waals surface area contributed by atoms with Gasteiger partial charge in [-0.15, -0.1) is 0 Å². The van der Waals surface area contributed by atoms with Crippen LogP contribution in [0, 0.1) is 5.92 Å². The van der Waals surface area contributed by atoms with Crippen LogP contribution in [0.1, 0.15) is 26.3 Å². The van der Waals surface area contributed by atoms with Crippen LogP contribution in [0.25, 0.3) is 10.8 Å². The second kappa shape index (κ2) is 8.16. The van der Waals surface area contributed by atoms with Crippen molar-refractivity contribution in [2.45, 2.75) is 33.2 Å². The molecule has 2 rings (SSSR count). The fourth-order valence-corrected chi connectivity index (χ4v) is 2.52. The zero-order chi connectivity index (χ0) is 15.1. The van der Waals surface area contributed by atoms with Crippen molar-refractivity contribution in [1.29, 1.82) is 0 Å². The molecule has 0 aliphatic rings. The van der Waals surface area contributed by atoms with E-state index >= 15 is 0 Å². The Morgan fingerprint density at radius 2 is 1.67 bits per heavy atom. The molecule has 0 spiro atoms. The number of fused-ring (bicyclic) bond motifs is 1. The summed E-state index contributed by atoms with van der Waals surface area (Å²) < 4.78 is 0. The van der Waals surface area contributed by atoms with Crippen molar-refractivity contribution in [2.24, 2.45) is 5.92 Å². The van der Waals surface area contributed by atoms with Gasteiger partial charge >= 0.3 is 0 Å². The molecule has 0 radical (unpaired) electrons. The number of hydrogen-bond acceptors (Lipinski definition) is 2. The molecular weight excluding hydrogens is 256 g/mol. The van der Waals surface area contributed by atoms with Crippen molar-refractivity contribution in [3.05, 3.63) is 48.0 Å². The van der Waals surface area contributed by atoms with Gasteiger partial charge in [0.1, 0.15) is 0 Å². The monoisotopic (exact) mass is 284 g/mol. The Balaban J connectivity index is 1.74. The van der Waals surface area contributed by atoms with Gasteiger partial charge in [0.15, 0.2) is 0 Å². The van der Waals surface area contributed by atoms with Crippen LogP contribution < -0.4 is 10.6 Å². The first kappa shape index (κ1) is 16.0. The summed E-state index contributed by atoms with van der Waals surface area (Å²) in [4.78, 5) is 0. The molecule has 0 aliphatic carbocycles. The molecule has 21 heavy (non-hydrogen) atoms. The molecule has 1 atom stereocenters. The Hall–Kier alpha value is -1.38. The molecule has 2 nitrogen and oxygen atoms in total. The van der Waals surface area contributed by atoms with Gasteiger partial charge in [-0.05, 0) is 48.7 Å². The summed E-state index contributed by atoms with van der Waals surface area (Å²) in [6, 6.07) is 15.8. The normalized spacial score (nSPS) is 13.0. The van der Waals surface area contributed by atoms with Crippen LogP contribution in [0.5, 0.6) is 0 Å². The molecule has 0 amide bonds. The Kier molecular flexibility index (Phi) is 6.21. The van der Waals surface area contributed by atoms with E-state index in [0.29, 0.717) is 6.04 Å². The van der Waals surface area contributed by atoms with E-state index in [9.17, 15) is 0 Å². The summed E-state index contributed by atoms with van der Waals surface area (Å²) >= 11 is 0. The Morgan fingerprint density at radius 3 is 2.43 bits per heavy atom. The van der Waals surface area contributed by atoms with Gasteiger partial charge < -0.3 is 10.6 Å².